The van der Waals surface area contributed by atoms with Gasteiger partial charge in [0.25, 0.3) is 0 Å². The van der Waals surface area contributed by atoms with Crippen LogP contribution >= 0.6 is 0 Å². The molecule has 1 unspecified atom stereocenters. The van der Waals surface area contributed by atoms with Crippen LogP contribution in [0.4, 0.5) is 4.39 Å². The highest BCUT2D eigenvalue weighted by atomic mass is 19.1. The minimum absolute atomic E-state index is 0.0145. The minimum Gasteiger partial charge on any atom is -0.493 e. The van der Waals surface area contributed by atoms with Crippen molar-refractivity contribution in [3.8, 4) is 11.5 Å². The van der Waals surface area contributed by atoms with Crippen LogP contribution < -0.4 is 19.7 Å². The van der Waals surface area contributed by atoms with Crippen LogP contribution in [0.25, 0.3) is 0 Å². The molecule has 2 aliphatic rings. The fraction of sp³-hybridized carbons (Fsp3) is 0.480. The summed E-state index contributed by atoms with van der Waals surface area (Å²) in [6, 6.07) is 11.0. The number of hydrogen-bond donors (Lipinski definition) is 2. The van der Waals surface area contributed by atoms with Gasteiger partial charge in [-0.1, -0.05) is 19.1 Å². The highest BCUT2D eigenvalue weighted by Gasteiger charge is 2.40. The minimum atomic E-state index is -0.223. The lowest BCUT2D eigenvalue weighted by molar-refractivity contribution is -0.948. The van der Waals surface area contributed by atoms with Gasteiger partial charge in [-0.3, -0.25) is 4.79 Å². The second kappa shape index (κ2) is 9.27. The standard InChI is InChI=1S/C25H31FN2O3/c1-4-21(27-25(29)17-7-8-17)24-20-14-23(31-3)22(30-2)13-18(20)11-12-28(24)15-16-5-9-19(26)10-6-16/h5-6,9-10,13-14,17,21,24H,4,7-8,11-12,15H2,1-3H3,(H,27,29)/p+1/t21-,24+/m1/s1. The number of ether oxygens (including phenoxy) is 2. The molecule has 0 radical (unpaired) electrons. The van der Waals surface area contributed by atoms with E-state index in [1.54, 1.807) is 14.2 Å². The molecule has 1 saturated carbocycles. The van der Waals surface area contributed by atoms with Gasteiger partial charge in [0.05, 0.1) is 26.8 Å². The molecule has 2 aromatic carbocycles. The summed E-state index contributed by atoms with van der Waals surface area (Å²) >= 11 is 0. The molecule has 0 saturated heterocycles. The number of nitrogens with one attached hydrogen (secondary N) is 2. The molecule has 31 heavy (non-hydrogen) atoms. The Morgan fingerprint density at radius 1 is 1.16 bits per heavy atom. The van der Waals surface area contributed by atoms with Crippen LogP contribution in [-0.4, -0.2) is 32.7 Å². The third-order valence-electron chi connectivity index (χ3n) is 6.60. The number of methoxy groups -OCH3 is 2. The number of hydrogen-bond acceptors (Lipinski definition) is 3. The average molecular weight is 428 g/mol. The van der Waals surface area contributed by atoms with E-state index in [0.29, 0.717) is 5.75 Å². The van der Waals surface area contributed by atoms with E-state index < -0.39 is 0 Å². The van der Waals surface area contributed by atoms with Crippen molar-refractivity contribution in [1.29, 1.82) is 0 Å². The highest BCUT2D eigenvalue weighted by Crippen LogP contribution is 2.36. The van der Waals surface area contributed by atoms with Gasteiger partial charge >= 0.3 is 0 Å². The van der Waals surface area contributed by atoms with Gasteiger partial charge in [0.1, 0.15) is 18.4 Å². The van der Waals surface area contributed by atoms with E-state index in [1.807, 2.05) is 12.1 Å². The smallest absolute Gasteiger partial charge is 0.223 e. The first-order chi connectivity index (χ1) is 15.0. The van der Waals surface area contributed by atoms with E-state index in [4.69, 9.17) is 9.47 Å². The molecule has 4 rings (SSSR count). The zero-order valence-corrected chi connectivity index (χ0v) is 18.5. The van der Waals surface area contributed by atoms with Gasteiger partial charge in [-0.05, 0) is 49.1 Å². The van der Waals surface area contributed by atoms with Crippen molar-refractivity contribution in [3.63, 3.8) is 0 Å². The van der Waals surface area contributed by atoms with Crippen LogP contribution in [-0.2, 0) is 17.8 Å². The highest BCUT2D eigenvalue weighted by molar-refractivity contribution is 5.81. The number of halogens is 1. The predicted octanol–water partition coefficient (Wildman–Crippen LogP) is 2.83. The monoisotopic (exact) mass is 427 g/mol. The number of amides is 1. The topological polar surface area (TPSA) is 52.0 Å². The summed E-state index contributed by atoms with van der Waals surface area (Å²) < 4.78 is 24.5. The van der Waals surface area contributed by atoms with Gasteiger partial charge in [-0.25, -0.2) is 4.39 Å². The average Bonchev–Trinajstić information content (AvgIpc) is 3.63. The summed E-state index contributed by atoms with van der Waals surface area (Å²) in [6.45, 7) is 3.83. The van der Waals surface area contributed by atoms with E-state index >= 15 is 0 Å². The summed E-state index contributed by atoms with van der Waals surface area (Å²) in [5.41, 5.74) is 3.53. The SMILES string of the molecule is CC[C@@H](NC(=O)C1CC1)[C@@H]1c2cc(OC)c(OC)cc2CC[NH+]1Cc1ccc(F)cc1. The Morgan fingerprint density at radius 2 is 1.84 bits per heavy atom. The number of benzene rings is 2. The van der Waals surface area contributed by atoms with Crippen molar-refractivity contribution in [1.82, 2.24) is 5.32 Å². The molecule has 5 nitrogen and oxygen atoms in total. The number of carbonyl (C=O) groups is 1. The Hall–Kier alpha value is -2.60. The van der Waals surface area contributed by atoms with Gasteiger partial charge in [0.15, 0.2) is 11.5 Å². The number of rotatable bonds is 8. The zero-order valence-electron chi connectivity index (χ0n) is 18.5. The maximum Gasteiger partial charge on any atom is 0.223 e. The van der Waals surface area contributed by atoms with Crippen molar-refractivity contribution in [2.75, 3.05) is 20.8 Å². The fourth-order valence-electron chi connectivity index (χ4n) is 4.74. The molecule has 2 N–H and O–H groups in total. The molecule has 1 aliphatic heterocycles. The number of quaternary nitrogens is 1. The Kier molecular flexibility index (Phi) is 6.46. The quantitative estimate of drug-likeness (QED) is 0.681. The summed E-state index contributed by atoms with van der Waals surface area (Å²) in [6.07, 6.45) is 3.72. The molecule has 3 atom stereocenters. The molecular weight excluding hydrogens is 395 g/mol. The van der Waals surface area contributed by atoms with Gasteiger partial charge in [0.2, 0.25) is 5.91 Å². The first kappa shape index (κ1) is 21.6. The Morgan fingerprint density at radius 3 is 2.45 bits per heavy atom. The third-order valence-corrected chi connectivity index (χ3v) is 6.60. The molecule has 1 fully saturated rings. The lowest BCUT2D eigenvalue weighted by atomic mass is 9.86. The zero-order chi connectivity index (χ0) is 22.0. The second-order valence-corrected chi connectivity index (χ2v) is 8.64. The van der Waals surface area contributed by atoms with Crippen LogP contribution in [0.1, 0.15) is 48.9 Å². The molecule has 2 aromatic rings. The molecule has 0 aromatic heterocycles. The first-order valence-electron chi connectivity index (χ1n) is 11.2. The molecule has 166 valence electrons. The third kappa shape index (κ3) is 4.69. The lowest BCUT2D eigenvalue weighted by Gasteiger charge is -2.39. The van der Waals surface area contributed by atoms with Gasteiger partial charge in [0, 0.05) is 23.5 Å². The van der Waals surface area contributed by atoms with E-state index in [2.05, 4.69) is 24.4 Å². The van der Waals surface area contributed by atoms with Gasteiger partial charge in [-0.2, -0.15) is 0 Å². The predicted molar refractivity (Wildman–Crippen MR) is 117 cm³/mol. The lowest BCUT2D eigenvalue weighted by Crippen LogP contribution is -3.13. The molecule has 1 aliphatic carbocycles. The van der Waals surface area contributed by atoms with Crippen molar-refractivity contribution < 1.29 is 23.6 Å². The Bertz CT molecular complexity index is 927. The van der Waals surface area contributed by atoms with Crippen LogP contribution in [0.2, 0.25) is 0 Å². The Labute approximate surface area is 183 Å². The summed E-state index contributed by atoms with van der Waals surface area (Å²) in [5, 5.41) is 3.34. The molecule has 6 heteroatoms. The largest absolute Gasteiger partial charge is 0.493 e. The van der Waals surface area contributed by atoms with Crippen molar-refractivity contribution in [2.45, 2.75) is 51.2 Å². The number of fused-ring (bicyclic) bond motifs is 1. The van der Waals surface area contributed by atoms with Crippen LogP contribution in [0.3, 0.4) is 0 Å². The molecule has 1 amide bonds. The van der Waals surface area contributed by atoms with Crippen LogP contribution in [0, 0.1) is 11.7 Å². The van der Waals surface area contributed by atoms with Gasteiger partial charge < -0.3 is 19.7 Å². The van der Waals surface area contributed by atoms with Gasteiger partial charge in [-0.15, -0.1) is 0 Å². The van der Waals surface area contributed by atoms with Crippen LogP contribution in [0.5, 0.6) is 11.5 Å². The molecule has 0 spiro atoms. The maximum absolute atomic E-state index is 13.4. The normalized spacial score (nSPS) is 21.2. The fourth-order valence-corrected chi connectivity index (χ4v) is 4.74. The molecule has 0 bridgehead atoms. The summed E-state index contributed by atoms with van der Waals surface area (Å²) in [5.74, 6) is 1.55. The molecule has 1 heterocycles. The molecular formula is C25H32FN2O3+. The van der Waals surface area contributed by atoms with E-state index in [1.165, 1.54) is 28.2 Å². The van der Waals surface area contributed by atoms with Crippen molar-refractivity contribution >= 4 is 5.91 Å². The van der Waals surface area contributed by atoms with E-state index in [9.17, 15) is 9.18 Å². The number of carbonyl (C=O) groups excluding carboxylic acids is 1. The maximum atomic E-state index is 13.4. The summed E-state index contributed by atoms with van der Waals surface area (Å²) in [4.78, 5) is 14.0. The van der Waals surface area contributed by atoms with Crippen molar-refractivity contribution in [3.05, 3.63) is 58.9 Å². The Balaban J connectivity index is 1.70. The van der Waals surface area contributed by atoms with E-state index in [-0.39, 0.29) is 29.7 Å². The van der Waals surface area contributed by atoms with Crippen molar-refractivity contribution in [2.24, 2.45) is 5.92 Å². The van der Waals surface area contributed by atoms with Crippen LogP contribution in [0.15, 0.2) is 36.4 Å². The first-order valence-corrected chi connectivity index (χ1v) is 11.2. The van der Waals surface area contributed by atoms with E-state index in [0.717, 1.165) is 50.1 Å². The summed E-state index contributed by atoms with van der Waals surface area (Å²) in [7, 11) is 3.30. The second-order valence-electron chi connectivity index (χ2n) is 8.64.